The summed E-state index contributed by atoms with van der Waals surface area (Å²) < 4.78 is 14.1. The quantitative estimate of drug-likeness (QED) is 0.653. The fourth-order valence-electron chi connectivity index (χ4n) is 2.01. The van der Waals surface area contributed by atoms with Gasteiger partial charge in [0.15, 0.2) is 0 Å². The lowest BCUT2D eigenvalue weighted by atomic mass is 10.1. The van der Waals surface area contributed by atoms with Crippen LogP contribution in [0.5, 0.6) is 0 Å². The summed E-state index contributed by atoms with van der Waals surface area (Å²) in [5.74, 6) is 0.745. The van der Waals surface area contributed by atoms with Gasteiger partial charge in [0.2, 0.25) is 0 Å². The molecule has 108 valence electrons. The van der Waals surface area contributed by atoms with Crippen LogP contribution in [0.2, 0.25) is 0 Å². The van der Waals surface area contributed by atoms with Crippen LogP contribution in [0.25, 0.3) is 21.5 Å². The summed E-state index contributed by atoms with van der Waals surface area (Å²) in [6, 6.07) is 6.34. The molecule has 21 heavy (non-hydrogen) atoms. The highest BCUT2D eigenvalue weighted by molar-refractivity contribution is 7.99. The Kier molecular flexibility index (Phi) is 4.17. The Morgan fingerprint density at radius 2 is 1.95 bits per heavy atom. The first kappa shape index (κ1) is 14.4. The van der Waals surface area contributed by atoms with Crippen molar-refractivity contribution in [3.63, 3.8) is 0 Å². The molecule has 6 heteroatoms. The van der Waals surface area contributed by atoms with Gasteiger partial charge in [-0.15, -0.1) is 33.3 Å². The Hall–Kier alpha value is -1.53. The molecule has 0 aliphatic carbocycles. The smallest absolute Gasteiger partial charge is 0.146 e. The number of aryl methyl sites for hydroxylation is 1. The van der Waals surface area contributed by atoms with Crippen molar-refractivity contribution in [1.29, 1.82) is 0 Å². The molecule has 0 bridgehead atoms. The van der Waals surface area contributed by atoms with E-state index in [2.05, 4.69) is 22.1 Å². The number of aromatic nitrogens is 3. The number of thiazole rings is 1. The highest BCUT2D eigenvalue weighted by Gasteiger charge is 2.15. The lowest BCUT2D eigenvalue weighted by Crippen LogP contribution is -1.93. The molecule has 0 N–H and O–H groups in total. The predicted octanol–water partition coefficient (Wildman–Crippen LogP) is 4.70. The van der Waals surface area contributed by atoms with Crippen LogP contribution < -0.4 is 0 Å². The molecule has 0 aliphatic heterocycles. The van der Waals surface area contributed by atoms with E-state index >= 15 is 0 Å². The summed E-state index contributed by atoms with van der Waals surface area (Å²) in [6.45, 7) is 4.12. The highest BCUT2D eigenvalue weighted by atomic mass is 32.2. The van der Waals surface area contributed by atoms with Crippen molar-refractivity contribution in [2.24, 2.45) is 0 Å². The number of hydrogen-bond acceptors (Lipinski definition) is 5. The van der Waals surface area contributed by atoms with Crippen molar-refractivity contribution in [2.75, 3.05) is 5.75 Å². The molecule has 3 aromatic rings. The Bertz CT molecular complexity index is 768. The zero-order valence-corrected chi connectivity index (χ0v) is 13.4. The van der Waals surface area contributed by atoms with Gasteiger partial charge in [-0.2, -0.15) is 0 Å². The van der Waals surface area contributed by atoms with Crippen LogP contribution >= 0.6 is 23.1 Å². The Morgan fingerprint density at radius 1 is 1.19 bits per heavy atom. The SMILES string of the molecule is CCCSc1nnc(-c2ccc(F)cc2)c2sc(C)nc12. The van der Waals surface area contributed by atoms with Crippen LogP contribution in [-0.2, 0) is 0 Å². The van der Waals surface area contributed by atoms with Gasteiger partial charge in [-0.1, -0.05) is 6.92 Å². The van der Waals surface area contributed by atoms with Crippen LogP contribution in [0.4, 0.5) is 4.39 Å². The first-order chi connectivity index (χ1) is 10.2. The number of benzene rings is 1. The Labute approximate surface area is 130 Å². The molecule has 2 heterocycles. The molecule has 0 spiro atoms. The first-order valence-corrected chi connectivity index (χ1v) is 8.52. The van der Waals surface area contributed by atoms with E-state index in [0.717, 1.165) is 43.7 Å². The maximum Gasteiger partial charge on any atom is 0.146 e. The van der Waals surface area contributed by atoms with Crippen LogP contribution in [0.1, 0.15) is 18.4 Å². The third kappa shape index (κ3) is 2.91. The van der Waals surface area contributed by atoms with Crippen LogP contribution in [0.15, 0.2) is 29.3 Å². The molecule has 0 amide bonds. The third-order valence-electron chi connectivity index (χ3n) is 2.95. The molecule has 1 aromatic carbocycles. The van der Waals surface area contributed by atoms with Gasteiger partial charge in [-0.05, 0) is 43.4 Å². The molecule has 0 aliphatic rings. The lowest BCUT2D eigenvalue weighted by molar-refractivity contribution is 0.628. The molecule has 0 saturated carbocycles. The summed E-state index contributed by atoms with van der Waals surface area (Å²) in [6.07, 6.45) is 1.08. The fraction of sp³-hybridized carbons (Fsp3) is 0.267. The van der Waals surface area contributed by atoms with Crippen LogP contribution in [-0.4, -0.2) is 20.9 Å². The summed E-state index contributed by atoms with van der Waals surface area (Å²) in [5, 5.41) is 10.5. The molecular formula is C15H14FN3S2. The minimum absolute atomic E-state index is 0.251. The minimum Gasteiger partial charge on any atom is -0.238 e. The van der Waals surface area contributed by atoms with Gasteiger partial charge in [0, 0.05) is 5.56 Å². The van der Waals surface area contributed by atoms with E-state index in [9.17, 15) is 4.39 Å². The topological polar surface area (TPSA) is 38.7 Å². The largest absolute Gasteiger partial charge is 0.238 e. The van der Waals surface area contributed by atoms with Crippen molar-refractivity contribution >= 4 is 33.3 Å². The van der Waals surface area contributed by atoms with Gasteiger partial charge >= 0.3 is 0 Å². The van der Waals surface area contributed by atoms with Crippen molar-refractivity contribution < 1.29 is 4.39 Å². The van der Waals surface area contributed by atoms with E-state index in [1.54, 1.807) is 35.2 Å². The predicted molar refractivity (Wildman–Crippen MR) is 86.4 cm³/mol. The molecule has 0 fully saturated rings. The average Bonchev–Trinajstić information content (AvgIpc) is 2.87. The van der Waals surface area contributed by atoms with Crippen LogP contribution in [0, 0.1) is 12.7 Å². The second-order valence-electron chi connectivity index (χ2n) is 4.62. The summed E-state index contributed by atoms with van der Waals surface area (Å²) in [5.41, 5.74) is 2.55. The number of halogens is 1. The van der Waals surface area contributed by atoms with Crippen molar-refractivity contribution in [1.82, 2.24) is 15.2 Å². The van der Waals surface area contributed by atoms with Crippen molar-refractivity contribution in [3.8, 4) is 11.3 Å². The number of thioether (sulfide) groups is 1. The standard InChI is InChI=1S/C15H14FN3S2/c1-3-8-20-15-13-14(21-9(2)17-13)12(18-19-15)10-4-6-11(16)7-5-10/h4-7H,3,8H2,1-2H3. The zero-order valence-electron chi connectivity index (χ0n) is 11.8. The van der Waals surface area contributed by atoms with Crippen molar-refractivity contribution in [2.45, 2.75) is 25.3 Å². The van der Waals surface area contributed by atoms with E-state index in [0.29, 0.717) is 0 Å². The number of hydrogen-bond donors (Lipinski definition) is 0. The van der Waals surface area contributed by atoms with E-state index in [1.165, 1.54) is 12.1 Å². The molecule has 3 rings (SSSR count). The molecule has 0 saturated heterocycles. The first-order valence-electron chi connectivity index (χ1n) is 6.71. The molecule has 3 nitrogen and oxygen atoms in total. The number of rotatable bonds is 4. The van der Waals surface area contributed by atoms with E-state index in [1.807, 2.05) is 6.92 Å². The third-order valence-corrected chi connectivity index (χ3v) is 5.09. The number of nitrogens with zero attached hydrogens (tertiary/aromatic N) is 3. The zero-order chi connectivity index (χ0) is 14.8. The number of fused-ring (bicyclic) bond motifs is 1. The lowest BCUT2D eigenvalue weighted by Gasteiger charge is -2.04. The Balaban J connectivity index is 2.14. The summed E-state index contributed by atoms with van der Waals surface area (Å²) >= 11 is 3.28. The van der Waals surface area contributed by atoms with E-state index in [-0.39, 0.29) is 5.82 Å². The van der Waals surface area contributed by atoms with Gasteiger partial charge < -0.3 is 0 Å². The maximum absolute atomic E-state index is 13.1. The second-order valence-corrected chi connectivity index (χ2v) is 6.91. The average molecular weight is 319 g/mol. The monoisotopic (exact) mass is 319 g/mol. The highest BCUT2D eigenvalue weighted by Crippen LogP contribution is 2.35. The molecule has 0 unspecified atom stereocenters. The molecule has 0 radical (unpaired) electrons. The molecule has 2 aromatic heterocycles. The van der Waals surface area contributed by atoms with Gasteiger partial charge in [0.1, 0.15) is 22.1 Å². The van der Waals surface area contributed by atoms with Crippen molar-refractivity contribution in [3.05, 3.63) is 35.1 Å². The minimum atomic E-state index is -0.251. The normalized spacial score (nSPS) is 11.2. The van der Waals surface area contributed by atoms with Gasteiger partial charge in [0.25, 0.3) is 0 Å². The van der Waals surface area contributed by atoms with Gasteiger partial charge in [-0.25, -0.2) is 9.37 Å². The van der Waals surface area contributed by atoms with Gasteiger partial charge in [0.05, 0.1) is 9.71 Å². The fourth-order valence-corrected chi connectivity index (χ4v) is 3.78. The summed E-state index contributed by atoms with van der Waals surface area (Å²) in [4.78, 5) is 4.59. The van der Waals surface area contributed by atoms with Gasteiger partial charge in [-0.3, -0.25) is 0 Å². The van der Waals surface area contributed by atoms with E-state index < -0.39 is 0 Å². The maximum atomic E-state index is 13.1. The second kappa shape index (κ2) is 6.07. The summed E-state index contributed by atoms with van der Waals surface area (Å²) in [7, 11) is 0. The Morgan fingerprint density at radius 3 is 2.67 bits per heavy atom. The van der Waals surface area contributed by atoms with Crippen LogP contribution in [0.3, 0.4) is 0 Å². The van der Waals surface area contributed by atoms with E-state index in [4.69, 9.17) is 0 Å². The molecule has 0 atom stereocenters. The molecular weight excluding hydrogens is 305 g/mol.